The maximum atomic E-state index is 11.6. The summed E-state index contributed by atoms with van der Waals surface area (Å²) in [5, 5.41) is 10.3. The van der Waals surface area contributed by atoms with Crippen LogP contribution in [0.2, 0.25) is 0 Å². The quantitative estimate of drug-likeness (QED) is 0.846. The number of nitrogens with one attached hydrogen (secondary N) is 2. The van der Waals surface area contributed by atoms with Crippen LogP contribution in [0.5, 0.6) is 0 Å². The molecule has 1 aliphatic carbocycles. The Morgan fingerprint density at radius 2 is 2.10 bits per heavy atom. The molecule has 0 atom stereocenters. The maximum absolute atomic E-state index is 11.6. The van der Waals surface area contributed by atoms with Crippen LogP contribution < -0.4 is 5.32 Å². The topological polar surface area (TPSA) is 57.8 Å². The molecule has 2 aromatic rings. The summed E-state index contributed by atoms with van der Waals surface area (Å²) < 4.78 is 0. The molecule has 0 saturated heterocycles. The van der Waals surface area contributed by atoms with E-state index in [9.17, 15) is 4.79 Å². The monoisotopic (exact) mass is 281 g/mol. The Kier molecular flexibility index (Phi) is 3.37. The number of rotatable bonds is 4. The molecule has 0 unspecified atom stereocenters. The standard InChI is InChI=1S/C17H19N3O/c1-3-16(21)18-17(9-4-10-17)14-7-5-13(6-8-14)15-11-12(2)19-20-15/h3,5-8,11H,1,4,9-10H2,2H3,(H,18,21)(H,19,20). The van der Waals surface area contributed by atoms with Crippen LogP contribution in [0.1, 0.15) is 30.5 Å². The zero-order chi connectivity index (χ0) is 14.9. The third-order valence-electron chi connectivity index (χ3n) is 4.19. The third-order valence-corrected chi connectivity index (χ3v) is 4.19. The molecule has 4 nitrogen and oxygen atoms in total. The minimum Gasteiger partial charge on any atom is -0.343 e. The SMILES string of the molecule is C=CC(=O)NC1(c2ccc(-c3cc(C)[nH]n3)cc2)CCC1. The van der Waals surface area contributed by atoms with Gasteiger partial charge in [-0.25, -0.2) is 0 Å². The molecule has 1 aromatic heterocycles. The van der Waals surface area contributed by atoms with E-state index < -0.39 is 0 Å². The van der Waals surface area contributed by atoms with Crippen LogP contribution in [0.3, 0.4) is 0 Å². The lowest BCUT2D eigenvalue weighted by molar-refractivity contribution is -0.119. The van der Waals surface area contributed by atoms with E-state index >= 15 is 0 Å². The number of carbonyl (C=O) groups excluding carboxylic acids is 1. The van der Waals surface area contributed by atoms with Crippen molar-refractivity contribution in [3.05, 3.63) is 54.2 Å². The zero-order valence-electron chi connectivity index (χ0n) is 12.1. The summed E-state index contributed by atoms with van der Waals surface area (Å²) in [6.45, 7) is 5.51. The normalized spacial score (nSPS) is 16.0. The predicted molar refractivity (Wildman–Crippen MR) is 82.6 cm³/mol. The van der Waals surface area contributed by atoms with Crippen molar-refractivity contribution >= 4 is 5.91 Å². The molecule has 1 heterocycles. The van der Waals surface area contributed by atoms with Crippen molar-refractivity contribution < 1.29 is 4.79 Å². The number of amides is 1. The molecule has 2 N–H and O–H groups in total. The number of aryl methyl sites for hydroxylation is 1. The molecule has 4 heteroatoms. The van der Waals surface area contributed by atoms with Crippen molar-refractivity contribution in [2.75, 3.05) is 0 Å². The first-order chi connectivity index (χ1) is 10.1. The number of aromatic nitrogens is 2. The molecular formula is C17H19N3O. The van der Waals surface area contributed by atoms with Crippen molar-refractivity contribution in [3.63, 3.8) is 0 Å². The summed E-state index contributed by atoms with van der Waals surface area (Å²) in [6, 6.07) is 10.3. The van der Waals surface area contributed by atoms with Gasteiger partial charge in [0.2, 0.25) is 5.91 Å². The van der Waals surface area contributed by atoms with Gasteiger partial charge < -0.3 is 5.32 Å². The first kappa shape index (κ1) is 13.6. The second-order valence-corrected chi connectivity index (χ2v) is 5.64. The Labute approximate surface area is 124 Å². The highest BCUT2D eigenvalue weighted by molar-refractivity contribution is 5.87. The Balaban J connectivity index is 1.86. The Morgan fingerprint density at radius 3 is 2.57 bits per heavy atom. The van der Waals surface area contributed by atoms with Gasteiger partial charge in [0, 0.05) is 11.3 Å². The molecule has 0 aliphatic heterocycles. The lowest BCUT2D eigenvalue weighted by atomic mass is 9.71. The van der Waals surface area contributed by atoms with Gasteiger partial charge in [0.25, 0.3) is 0 Å². The van der Waals surface area contributed by atoms with Crippen LogP contribution in [-0.2, 0) is 10.3 Å². The van der Waals surface area contributed by atoms with E-state index in [2.05, 4.69) is 46.4 Å². The Hall–Kier alpha value is -2.36. The van der Waals surface area contributed by atoms with Gasteiger partial charge in [-0.1, -0.05) is 30.8 Å². The van der Waals surface area contributed by atoms with Gasteiger partial charge in [-0.05, 0) is 43.9 Å². The van der Waals surface area contributed by atoms with Crippen LogP contribution in [-0.4, -0.2) is 16.1 Å². The maximum Gasteiger partial charge on any atom is 0.244 e. The van der Waals surface area contributed by atoms with Crippen molar-refractivity contribution in [3.8, 4) is 11.3 Å². The number of nitrogens with zero attached hydrogens (tertiary/aromatic N) is 1. The minimum absolute atomic E-state index is 0.110. The van der Waals surface area contributed by atoms with E-state index in [1.807, 2.05) is 13.0 Å². The molecule has 21 heavy (non-hydrogen) atoms. The fourth-order valence-electron chi connectivity index (χ4n) is 2.83. The van der Waals surface area contributed by atoms with E-state index in [1.165, 1.54) is 6.08 Å². The van der Waals surface area contributed by atoms with E-state index in [0.29, 0.717) is 0 Å². The largest absolute Gasteiger partial charge is 0.343 e. The highest BCUT2D eigenvalue weighted by Crippen LogP contribution is 2.41. The average Bonchev–Trinajstić information content (AvgIpc) is 2.89. The number of hydrogen-bond acceptors (Lipinski definition) is 2. The third kappa shape index (κ3) is 2.49. The van der Waals surface area contributed by atoms with Crippen molar-refractivity contribution in [1.82, 2.24) is 15.5 Å². The van der Waals surface area contributed by atoms with E-state index in [-0.39, 0.29) is 11.4 Å². The van der Waals surface area contributed by atoms with Gasteiger partial charge >= 0.3 is 0 Å². The second kappa shape index (κ2) is 5.20. The minimum atomic E-state index is -0.217. The van der Waals surface area contributed by atoms with Crippen LogP contribution in [0, 0.1) is 6.92 Å². The fraction of sp³-hybridized carbons (Fsp3) is 0.294. The van der Waals surface area contributed by atoms with Crippen LogP contribution in [0.25, 0.3) is 11.3 Å². The molecule has 108 valence electrons. The molecule has 1 saturated carbocycles. The van der Waals surface area contributed by atoms with E-state index in [1.54, 1.807) is 0 Å². The number of H-pyrrole nitrogens is 1. The van der Waals surface area contributed by atoms with Crippen LogP contribution in [0.4, 0.5) is 0 Å². The Morgan fingerprint density at radius 1 is 1.38 bits per heavy atom. The number of benzene rings is 1. The summed E-state index contributed by atoms with van der Waals surface area (Å²) in [7, 11) is 0. The summed E-state index contributed by atoms with van der Waals surface area (Å²) in [6.07, 6.45) is 4.43. The number of hydrogen-bond donors (Lipinski definition) is 2. The van der Waals surface area contributed by atoms with Gasteiger partial charge in [0.05, 0.1) is 11.2 Å². The number of carbonyl (C=O) groups is 1. The first-order valence-corrected chi connectivity index (χ1v) is 7.20. The van der Waals surface area contributed by atoms with Gasteiger partial charge in [-0.15, -0.1) is 0 Å². The second-order valence-electron chi connectivity index (χ2n) is 5.64. The lowest BCUT2D eigenvalue weighted by Crippen LogP contribution is -2.50. The molecule has 1 aromatic carbocycles. The zero-order valence-corrected chi connectivity index (χ0v) is 12.1. The van der Waals surface area contributed by atoms with Gasteiger partial charge in [-0.3, -0.25) is 9.89 Å². The molecule has 1 fully saturated rings. The van der Waals surface area contributed by atoms with Gasteiger partial charge in [0.15, 0.2) is 0 Å². The predicted octanol–water partition coefficient (Wildman–Crippen LogP) is 3.07. The highest BCUT2D eigenvalue weighted by atomic mass is 16.1. The molecule has 1 amide bonds. The molecule has 0 radical (unpaired) electrons. The van der Waals surface area contributed by atoms with Crippen molar-refractivity contribution in [1.29, 1.82) is 0 Å². The average molecular weight is 281 g/mol. The molecule has 3 rings (SSSR count). The van der Waals surface area contributed by atoms with Crippen LogP contribution in [0.15, 0.2) is 43.0 Å². The van der Waals surface area contributed by atoms with Gasteiger partial charge in [-0.2, -0.15) is 5.10 Å². The Bertz CT molecular complexity index is 666. The van der Waals surface area contributed by atoms with E-state index in [4.69, 9.17) is 0 Å². The lowest BCUT2D eigenvalue weighted by Gasteiger charge is -2.43. The van der Waals surface area contributed by atoms with Crippen molar-refractivity contribution in [2.24, 2.45) is 0 Å². The summed E-state index contributed by atoms with van der Waals surface area (Å²) >= 11 is 0. The van der Waals surface area contributed by atoms with Gasteiger partial charge in [0.1, 0.15) is 0 Å². The summed E-state index contributed by atoms with van der Waals surface area (Å²) in [5.74, 6) is -0.110. The van der Waals surface area contributed by atoms with E-state index in [0.717, 1.165) is 41.8 Å². The molecule has 1 aliphatic rings. The first-order valence-electron chi connectivity index (χ1n) is 7.20. The molecule has 0 bridgehead atoms. The highest BCUT2D eigenvalue weighted by Gasteiger charge is 2.39. The van der Waals surface area contributed by atoms with Crippen molar-refractivity contribution in [2.45, 2.75) is 31.7 Å². The fourth-order valence-corrected chi connectivity index (χ4v) is 2.83. The smallest absolute Gasteiger partial charge is 0.244 e. The van der Waals surface area contributed by atoms with Crippen LogP contribution >= 0.6 is 0 Å². The summed E-state index contributed by atoms with van der Waals surface area (Å²) in [5.41, 5.74) is 4.00. The number of aromatic amines is 1. The molecule has 0 spiro atoms. The summed E-state index contributed by atoms with van der Waals surface area (Å²) in [4.78, 5) is 11.6. The molecular weight excluding hydrogens is 262 g/mol.